The fourth-order valence-electron chi connectivity index (χ4n) is 2.96. The molecule has 0 radical (unpaired) electrons. The van der Waals surface area contributed by atoms with E-state index in [2.05, 4.69) is 33.4 Å². The highest BCUT2D eigenvalue weighted by atomic mass is 16.3. The minimum atomic E-state index is 0.126. The van der Waals surface area contributed by atoms with Crippen molar-refractivity contribution >= 4 is 0 Å². The van der Waals surface area contributed by atoms with Crippen LogP contribution in [0.15, 0.2) is 12.4 Å². The topological polar surface area (TPSA) is 59.1 Å². The molecule has 0 atom stereocenters. The minimum Gasteiger partial charge on any atom is -0.394 e. The van der Waals surface area contributed by atoms with Gasteiger partial charge >= 0.3 is 0 Å². The summed E-state index contributed by atoms with van der Waals surface area (Å²) in [6.45, 7) is 6.62. The van der Waals surface area contributed by atoms with Crippen molar-refractivity contribution in [1.82, 2.24) is 24.2 Å². The predicted molar refractivity (Wildman–Crippen MR) is 84.3 cm³/mol. The molecule has 0 aliphatic heterocycles. The van der Waals surface area contributed by atoms with E-state index in [1.807, 2.05) is 24.1 Å². The average molecular weight is 303 g/mol. The number of rotatable bonds is 7. The summed E-state index contributed by atoms with van der Waals surface area (Å²) >= 11 is 0. The van der Waals surface area contributed by atoms with E-state index in [0.717, 1.165) is 30.3 Å². The highest BCUT2D eigenvalue weighted by Gasteiger charge is 2.31. The van der Waals surface area contributed by atoms with E-state index in [1.54, 1.807) is 0 Å². The summed E-state index contributed by atoms with van der Waals surface area (Å²) in [4.78, 5) is 6.96. The summed E-state index contributed by atoms with van der Waals surface area (Å²) in [5, 5.41) is 13.7. The number of nitrogens with zero attached hydrogens (tertiary/aromatic N) is 5. The van der Waals surface area contributed by atoms with Crippen LogP contribution >= 0.6 is 0 Å². The molecule has 1 aliphatic carbocycles. The maximum absolute atomic E-state index is 9.14. The second-order valence-electron chi connectivity index (χ2n) is 6.19. The molecule has 0 spiro atoms. The highest BCUT2D eigenvalue weighted by Crippen LogP contribution is 2.30. The van der Waals surface area contributed by atoms with Crippen molar-refractivity contribution in [3.8, 4) is 0 Å². The van der Waals surface area contributed by atoms with Gasteiger partial charge in [-0.15, -0.1) is 0 Å². The number of aliphatic hydroxyl groups excluding tert-OH is 1. The summed E-state index contributed by atoms with van der Waals surface area (Å²) in [6, 6.07) is 0.664. The number of aryl methyl sites for hydroxylation is 2. The third kappa shape index (κ3) is 3.08. The average Bonchev–Trinajstić information content (AvgIpc) is 3.21. The fraction of sp³-hybridized carbons (Fsp3) is 0.625. The smallest absolute Gasteiger partial charge is 0.122 e. The summed E-state index contributed by atoms with van der Waals surface area (Å²) in [6.07, 6.45) is 6.40. The Morgan fingerprint density at radius 2 is 2.09 bits per heavy atom. The first-order valence-electron chi connectivity index (χ1n) is 7.94. The van der Waals surface area contributed by atoms with Crippen LogP contribution in [-0.4, -0.2) is 42.0 Å². The van der Waals surface area contributed by atoms with Gasteiger partial charge in [0.05, 0.1) is 25.4 Å². The second-order valence-corrected chi connectivity index (χ2v) is 6.19. The normalized spacial score (nSPS) is 15.0. The monoisotopic (exact) mass is 303 g/mol. The van der Waals surface area contributed by atoms with Crippen molar-refractivity contribution in [2.75, 3.05) is 6.61 Å². The standard InChI is InChI=1S/C16H25N5O/c1-12-15(13(2)21(18-12)8-9-22)10-20(14-4-5-14)11-16-17-6-7-19(16)3/h6-7,14,22H,4-5,8-11H2,1-3H3. The van der Waals surface area contributed by atoms with Crippen LogP contribution in [-0.2, 0) is 26.7 Å². The lowest BCUT2D eigenvalue weighted by molar-refractivity contribution is 0.235. The number of hydrogen-bond acceptors (Lipinski definition) is 4. The van der Waals surface area contributed by atoms with E-state index in [4.69, 9.17) is 5.11 Å². The molecular weight excluding hydrogens is 278 g/mol. The molecule has 0 amide bonds. The van der Waals surface area contributed by atoms with Crippen molar-refractivity contribution in [3.63, 3.8) is 0 Å². The lowest BCUT2D eigenvalue weighted by Gasteiger charge is -2.22. The van der Waals surface area contributed by atoms with E-state index in [1.165, 1.54) is 18.4 Å². The van der Waals surface area contributed by atoms with E-state index in [9.17, 15) is 0 Å². The maximum atomic E-state index is 9.14. The molecule has 1 N–H and O–H groups in total. The van der Waals surface area contributed by atoms with Crippen LogP contribution in [0.3, 0.4) is 0 Å². The van der Waals surface area contributed by atoms with Crippen LogP contribution in [0.5, 0.6) is 0 Å². The van der Waals surface area contributed by atoms with Gasteiger partial charge in [0.2, 0.25) is 0 Å². The van der Waals surface area contributed by atoms with Gasteiger partial charge in [-0.25, -0.2) is 4.98 Å². The first kappa shape index (κ1) is 15.2. The molecule has 1 saturated carbocycles. The van der Waals surface area contributed by atoms with Gasteiger partial charge in [0, 0.05) is 43.3 Å². The van der Waals surface area contributed by atoms with Gasteiger partial charge in [-0.1, -0.05) is 0 Å². The van der Waals surface area contributed by atoms with Gasteiger partial charge in [-0.05, 0) is 26.7 Å². The summed E-state index contributed by atoms with van der Waals surface area (Å²) in [5.74, 6) is 1.10. The molecular formula is C16H25N5O. The van der Waals surface area contributed by atoms with Crippen LogP contribution in [0.4, 0.5) is 0 Å². The van der Waals surface area contributed by atoms with Gasteiger partial charge in [0.1, 0.15) is 5.82 Å². The molecule has 0 aromatic carbocycles. The minimum absolute atomic E-state index is 0.126. The molecule has 2 aromatic rings. The zero-order valence-electron chi connectivity index (χ0n) is 13.7. The Morgan fingerprint density at radius 1 is 1.32 bits per heavy atom. The molecule has 3 rings (SSSR count). The van der Waals surface area contributed by atoms with Crippen molar-refractivity contribution in [2.45, 2.75) is 52.4 Å². The Labute approximate surface area is 131 Å². The number of aromatic nitrogens is 4. The Hall–Kier alpha value is -1.66. The van der Waals surface area contributed by atoms with E-state index in [-0.39, 0.29) is 6.61 Å². The van der Waals surface area contributed by atoms with Gasteiger partial charge in [0.25, 0.3) is 0 Å². The van der Waals surface area contributed by atoms with Gasteiger partial charge < -0.3 is 9.67 Å². The van der Waals surface area contributed by atoms with Crippen molar-refractivity contribution in [1.29, 1.82) is 0 Å². The Morgan fingerprint density at radius 3 is 2.68 bits per heavy atom. The number of imidazole rings is 1. The largest absolute Gasteiger partial charge is 0.394 e. The molecule has 120 valence electrons. The Kier molecular flexibility index (Phi) is 4.31. The van der Waals surface area contributed by atoms with Crippen LogP contribution in [0.25, 0.3) is 0 Å². The SMILES string of the molecule is Cc1nn(CCO)c(C)c1CN(Cc1nccn1C)C1CC1. The molecule has 1 fully saturated rings. The first-order valence-corrected chi connectivity index (χ1v) is 7.94. The first-order chi connectivity index (χ1) is 10.6. The molecule has 0 saturated heterocycles. The van der Waals surface area contributed by atoms with Gasteiger partial charge in [-0.3, -0.25) is 9.58 Å². The van der Waals surface area contributed by atoms with Crippen molar-refractivity contribution in [2.24, 2.45) is 7.05 Å². The molecule has 0 bridgehead atoms. The molecule has 0 unspecified atom stereocenters. The number of hydrogen-bond donors (Lipinski definition) is 1. The summed E-state index contributed by atoms with van der Waals surface area (Å²) in [5.41, 5.74) is 3.52. The zero-order chi connectivity index (χ0) is 15.7. The van der Waals surface area contributed by atoms with Crippen molar-refractivity contribution < 1.29 is 5.11 Å². The Balaban J connectivity index is 1.78. The molecule has 6 heteroatoms. The molecule has 22 heavy (non-hydrogen) atoms. The Bertz CT molecular complexity index is 641. The fourth-order valence-corrected chi connectivity index (χ4v) is 2.96. The van der Waals surface area contributed by atoms with Gasteiger partial charge in [0.15, 0.2) is 0 Å². The molecule has 1 aliphatic rings. The van der Waals surface area contributed by atoms with Crippen molar-refractivity contribution in [3.05, 3.63) is 35.2 Å². The van der Waals surface area contributed by atoms with E-state index < -0.39 is 0 Å². The third-order valence-corrected chi connectivity index (χ3v) is 4.53. The maximum Gasteiger partial charge on any atom is 0.122 e. The second kappa shape index (κ2) is 6.22. The van der Waals surface area contributed by atoms with E-state index in [0.29, 0.717) is 12.6 Å². The number of aliphatic hydroxyl groups is 1. The highest BCUT2D eigenvalue weighted by molar-refractivity contribution is 5.24. The van der Waals surface area contributed by atoms with Gasteiger partial charge in [-0.2, -0.15) is 5.10 Å². The molecule has 2 aromatic heterocycles. The predicted octanol–water partition coefficient (Wildman–Crippen LogP) is 1.39. The molecule has 6 nitrogen and oxygen atoms in total. The van der Waals surface area contributed by atoms with Crippen LogP contribution in [0, 0.1) is 13.8 Å². The van der Waals surface area contributed by atoms with Crippen LogP contribution in [0.2, 0.25) is 0 Å². The van der Waals surface area contributed by atoms with Crippen LogP contribution < -0.4 is 0 Å². The third-order valence-electron chi connectivity index (χ3n) is 4.53. The van der Waals surface area contributed by atoms with E-state index >= 15 is 0 Å². The zero-order valence-corrected chi connectivity index (χ0v) is 13.7. The summed E-state index contributed by atoms with van der Waals surface area (Å²) in [7, 11) is 2.04. The quantitative estimate of drug-likeness (QED) is 0.840. The lowest BCUT2D eigenvalue weighted by atomic mass is 10.2. The van der Waals surface area contributed by atoms with Crippen LogP contribution in [0.1, 0.15) is 35.6 Å². The summed E-state index contributed by atoms with van der Waals surface area (Å²) < 4.78 is 4.00. The molecule has 2 heterocycles. The lowest BCUT2D eigenvalue weighted by Crippen LogP contribution is -2.27.